The van der Waals surface area contributed by atoms with Gasteiger partial charge in [0, 0.05) is 0 Å². The van der Waals surface area contributed by atoms with E-state index in [1.54, 1.807) is 6.07 Å². The molecule has 0 amide bonds. The summed E-state index contributed by atoms with van der Waals surface area (Å²) in [5.41, 5.74) is 1.58. The summed E-state index contributed by atoms with van der Waals surface area (Å²) in [6.45, 7) is 6.81. The Morgan fingerprint density at radius 1 is 1.20 bits per heavy atom. The van der Waals surface area contributed by atoms with E-state index in [0.29, 0.717) is 18.1 Å². The van der Waals surface area contributed by atoms with E-state index in [1.807, 2.05) is 25.1 Å². The second-order valence-corrected chi connectivity index (χ2v) is 5.08. The summed E-state index contributed by atoms with van der Waals surface area (Å²) in [6.07, 6.45) is 5.34. The van der Waals surface area contributed by atoms with Crippen molar-refractivity contribution in [3.05, 3.63) is 35.4 Å². The van der Waals surface area contributed by atoms with Crippen molar-refractivity contribution in [1.82, 2.24) is 0 Å². The van der Waals surface area contributed by atoms with Crippen LogP contribution in [0.4, 0.5) is 0 Å². The molecule has 0 saturated heterocycles. The number of hydrogen-bond donors (Lipinski definition) is 0. The van der Waals surface area contributed by atoms with Crippen LogP contribution < -0.4 is 0 Å². The fraction of sp³-hybridized carbons (Fsp3) is 0.588. The van der Waals surface area contributed by atoms with E-state index < -0.39 is 5.97 Å². The highest BCUT2D eigenvalue weighted by molar-refractivity contribution is 5.90. The topological polar surface area (TPSA) is 35.5 Å². The van der Waals surface area contributed by atoms with Crippen LogP contribution in [0.5, 0.6) is 0 Å². The van der Waals surface area contributed by atoms with Gasteiger partial charge in [-0.25, -0.2) is 4.79 Å². The summed E-state index contributed by atoms with van der Waals surface area (Å²) in [6, 6.07) is 7.48. The van der Waals surface area contributed by atoms with Crippen LogP contribution in [0.1, 0.15) is 62.4 Å². The molecule has 0 aliphatic heterocycles. The lowest BCUT2D eigenvalue weighted by atomic mass is 10.0. The average molecular weight is 278 g/mol. The van der Waals surface area contributed by atoms with Crippen molar-refractivity contribution in [1.29, 1.82) is 0 Å². The lowest BCUT2D eigenvalue weighted by Crippen LogP contribution is -2.14. The highest BCUT2D eigenvalue weighted by Gasteiger charge is 2.13. The van der Waals surface area contributed by atoms with Gasteiger partial charge >= 0.3 is 5.97 Å². The predicted octanol–water partition coefficient (Wildman–Crippen LogP) is 4.55. The quantitative estimate of drug-likeness (QED) is 0.491. The first-order valence-electron chi connectivity index (χ1n) is 7.64. The van der Waals surface area contributed by atoms with Crippen LogP contribution in [-0.2, 0) is 16.2 Å². The first kappa shape index (κ1) is 16.7. The molecule has 1 atom stereocenters. The molecule has 0 aromatic heterocycles. The Morgan fingerprint density at radius 3 is 2.60 bits per heavy atom. The SMILES string of the molecule is CCCCC(CC)COOC(=O)c1ccccc1CC. The normalized spacial score (nSPS) is 12.2. The Bertz CT molecular complexity index is 401. The molecule has 1 rings (SSSR count). The number of hydrogen-bond acceptors (Lipinski definition) is 3. The van der Waals surface area contributed by atoms with Gasteiger partial charge in [-0.15, -0.1) is 0 Å². The van der Waals surface area contributed by atoms with Gasteiger partial charge < -0.3 is 0 Å². The van der Waals surface area contributed by atoms with Crippen molar-refractivity contribution < 1.29 is 14.6 Å². The number of aryl methyl sites for hydroxylation is 1. The van der Waals surface area contributed by atoms with E-state index in [1.165, 1.54) is 12.8 Å². The molecule has 1 aromatic rings. The van der Waals surface area contributed by atoms with E-state index in [9.17, 15) is 4.79 Å². The van der Waals surface area contributed by atoms with Crippen LogP contribution in [0, 0.1) is 5.92 Å². The van der Waals surface area contributed by atoms with Gasteiger partial charge in [0.05, 0.1) is 12.2 Å². The van der Waals surface area contributed by atoms with E-state index >= 15 is 0 Å². The fourth-order valence-electron chi connectivity index (χ4n) is 2.15. The second-order valence-electron chi connectivity index (χ2n) is 5.08. The average Bonchev–Trinajstić information content (AvgIpc) is 2.50. The van der Waals surface area contributed by atoms with Crippen molar-refractivity contribution >= 4 is 5.97 Å². The van der Waals surface area contributed by atoms with Gasteiger partial charge in [-0.05, 0) is 30.4 Å². The van der Waals surface area contributed by atoms with Gasteiger partial charge in [0.25, 0.3) is 0 Å². The Hall–Kier alpha value is -1.35. The fourth-order valence-corrected chi connectivity index (χ4v) is 2.15. The maximum absolute atomic E-state index is 12.0. The highest BCUT2D eigenvalue weighted by Crippen LogP contribution is 2.14. The molecule has 3 nitrogen and oxygen atoms in total. The summed E-state index contributed by atoms with van der Waals surface area (Å²) in [5, 5.41) is 0. The number of carbonyl (C=O) groups is 1. The molecule has 0 aliphatic carbocycles. The lowest BCUT2D eigenvalue weighted by molar-refractivity contribution is -0.249. The van der Waals surface area contributed by atoms with Crippen molar-refractivity contribution in [3.8, 4) is 0 Å². The molecule has 0 N–H and O–H groups in total. The lowest BCUT2D eigenvalue weighted by Gasteiger charge is -2.13. The summed E-state index contributed by atoms with van der Waals surface area (Å²) < 4.78 is 0. The van der Waals surface area contributed by atoms with E-state index in [0.717, 1.165) is 24.8 Å². The zero-order chi connectivity index (χ0) is 14.8. The molecule has 0 bridgehead atoms. The summed E-state index contributed by atoms with van der Waals surface area (Å²) in [5.74, 6) is 0.0666. The van der Waals surface area contributed by atoms with E-state index in [2.05, 4.69) is 13.8 Å². The van der Waals surface area contributed by atoms with Crippen LogP contribution in [0.2, 0.25) is 0 Å². The van der Waals surface area contributed by atoms with Crippen LogP contribution in [-0.4, -0.2) is 12.6 Å². The van der Waals surface area contributed by atoms with Gasteiger partial charge in [0.1, 0.15) is 0 Å². The number of benzene rings is 1. The predicted molar refractivity (Wildman–Crippen MR) is 80.5 cm³/mol. The molecule has 0 saturated carbocycles. The molecule has 0 radical (unpaired) electrons. The molecular formula is C17H26O3. The largest absolute Gasteiger partial charge is 0.373 e. The van der Waals surface area contributed by atoms with Crippen LogP contribution >= 0.6 is 0 Å². The number of unbranched alkanes of at least 4 members (excludes halogenated alkanes) is 1. The summed E-state index contributed by atoms with van der Waals surface area (Å²) >= 11 is 0. The van der Waals surface area contributed by atoms with Crippen LogP contribution in [0.25, 0.3) is 0 Å². The standard InChI is InChI=1S/C17H26O3/c1-4-7-10-14(5-2)13-19-20-17(18)16-12-9-8-11-15(16)6-3/h8-9,11-12,14H,4-7,10,13H2,1-3H3. The first-order chi connectivity index (χ1) is 9.72. The van der Waals surface area contributed by atoms with Gasteiger partial charge in [-0.3, -0.25) is 4.89 Å². The molecule has 1 aromatic carbocycles. The van der Waals surface area contributed by atoms with Gasteiger partial charge in [0.15, 0.2) is 0 Å². The zero-order valence-corrected chi connectivity index (χ0v) is 12.9. The maximum Gasteiger partial charge on any atom is 0.373 e. The monoisotopic (exact) mass is 278 g/mol. The van der Waals surface area contributed by atoms with E-state index in [-0.39, 0.29) is 0 Å². The van der Waals surface area contributed by atoms with Crippen LogP contribution in [0.3, 0.4) is 0 Å². The van der Waals surface area contributed by atoms with Crippen molar-refractivity contribution in [2.24, 2.45) is 5.92 Å². The molecule has 3 heteroatoms. The minimum Gasteiger partial charge on any atom is -0.293 e. The zero-order valence-electron chi connectivity index (χ0n) is 12.9. The highest BCUT2D eigenvalue weighted by atomic mass is 17.2. The molecule has 1 unspecified atom stereocenters. The van der Waals surface area contributed by atoms with Crippen molar-refractivity contribution in [3.63, 3.8) is 0 Å². The molecule has 0 fully saturated rings. The Balaban J connectivity index is 2.43. The molecule has 0 aliphatic rings. The van der Waals surface area contributed by atoms with Gasteiger partial charge in [0.2, 0.25) is 0 Å². The Labute approximate surface area is 122 Å². The smallest absolute Gasteiger partial charge is 0.293 e. The minimum atomic E-state index is -0.396. The molecule has 20 heavy (non-hydrogen) atoms. The van der Waals surface area contributed by atoms with E-state index in [4.69, 9.17) is 9.78 Å². The summed E-state index contributed by atoms with van der Waals surface area (Å²) in [4.78, 5) is 22.1. The van der Waals surface area contributed by atoms with Crippen molar-refractivity contribution in [2.75, 3.05) is 6.61 Å². The molecule has 0 spiro atoms. The van der Waals surface area contributed by atoms with Crippen molar-refractivity contribution in [2.45, 2.75) is 52.9 Å². The molecule has 0 heterocycles. The molecular weight excluding hydrogens is 252 g/mol. The number of carbonyl (C=O) groups excluding carboxylic acids is 1. The maximum atomic E-state index is 12.0. The molecule has 112 valence electrons. The second kappa shape index (κ2) is 9.54. The third-order valence-electron chi connectivity index (χ3n) is 3.60. The first-order valence-corrected chi connectivity index (χ1v) is 7.64. The summed E-state index contributed by atoms with van der Waals surface area (Å²) in [7, 11) is 0. The van der Waals surface area contributed by atoms with Gasteiger partial charge in [-0.1, -0.05) is 58.2 Å². The van der Waals surface area contributed by atoms with Crippen LogP contribution in [0.15, 0.2) is 24.3 Å². The third kappa shape index (κ3) is 5.33. The van der Waals surface area contributed by atoms with Gasteiger partial charge in [-0.2, -0.15) is 4.89 Å². The minimum absolute atomic E-state index is 0.396. The third-order valence-corrected chi connectivity index (χ3v) is 3.60. The Kier molecular flexibility index (Phi) is 7.97. The Morgan fingerprint density at radius 2 is 1.95 bits per heavy atom. The number of rotatable bonds is 9.